The third-order valence-corrected chi connectivity index (χ3v) is 6.18. The predicted octanol–water partition coefficient (Wildman–Crippen LogP) is 1.42. The van der Waals surface area contributed by atoms with Crippen LogP contribution >= 0.6 is 0 Å². The number of hydrogen-bond acceptors (Lipinski definition) is 6. The van der Waals surface area contributed by atoms with Gasteiger partial charge in [-0.25, -0.2) is 0 Å². The summed E-state index contributed by atoms with van der Waals surface area (Å²) < 4.78 is 7.89. The number of benzene rings is 1. The fraction of sp³-hybridized carbons (Fsp3) is 0.136. The van der Waals surface area contributed by atoms with Crippen LogP contribution in [-0.4, -0.2) is 42.4 Å². The van der Waals surface area contributed by atoms with Gasteiger partial charge in [-0.2, -0.15) is 0 Å². The van der Waals surface area contributed by atoms with E-state index in [0.717, 1.165) is 25.8 Å². The van der Waals surface area contributed by atoms with E-state index < -0.39 is 15.8 Å². The van der Waals surface area contributed by atoms with Crippen LogP contribution in [0.2, 0.25) is 0 Å². The van der Waals surface area contributed by atoms with Gasteiger partial charge < -0.3 is 0 Å². The first-order valence-corrected chi connectivity index (χ1v) is 10.8. The van der Waals surface area contributed by atoms with Gasteiger partial charge in [0, 0.05) is 0 Å². The van der Waals surface area contributed by atoms with Crippen LogP contribution in [0, 0.1) is 25.7 Å². The number of ether oxygens (including phenoxy) is 1. The Kier molecular flexibility index (Phi) is 7.02. The Balaban J connectivity index is 1.77. The Bertz CT molecular complexity index is 1090. The van der Waals surface area contributed by atoms with Crippen molar-refractivity contribution < 1.29 is 9.84 Å². The first kappa shape index (κ1) is 20.6. The van der Waals surface area contributed by atoms with E-state index in [1.807, 2.05) is 38.1 Å². The van der Waals surface area contributed by atoms with Crippen molar-refractivity contribution in [2.45, 2.75) is 13.8 Å². The summed E-state index contributed by atoms with van der Waals surface area (Å²) in [6.45, 7) is 3.90. The van der Waals surface area contributed by atoms with E-state index in [2.05, 4.69) is 32.9 Å². The number of aryl methyl sites for hydroxylation is 2. The number of aromatic nitrogens is 3. The van der Waals surface area contributed by atoms with Gasteiger partial charge in [-0.05, 0) is 0 Å². The number of rotatable bonds is 5. The molecule has 0 amide bonds. The molecule has 3 aromatic rings. The summed E-state index contributed by atoms with van der Waals surface area (Å²) in [7, 11) is 0. The molecule has 1 radical (unpaired) electrons. The topological polar surface area (TPSA) is 94.2 Å². The summed E-state index contributed by atoms with van der Waals surface area (Å²) in [5, 5.41) is 8.75. The van der Waals surface area contributed by atoms with E-state index in [0.29, 0.717) is 17.1 Å². The molecule has 2 aromatic heterocycles. The molecule has 3 N–H and O–H groups in total. The van der Waals surface area contributed by atoms with Crippen LogP contribution in [0.25, 0.3) is 0 Å². The third-order valence-electron chi connectivity index (χ3n) is 3.87. The molecule has 0 aliphatic rings. The maximum absolute atomic E-state index is 8.75. The van der Waals surface area contributed by atoms with Crippen LogP contribution in [0.4, 0.5) is 5.69 Å². The van der Waals surface area contributed by atoms with Crippen molar-refractivity contribution in [2.24, 2.45) is 0 Å². The number of anilines is 1. The Hall–Kier alpha value is -3.13. The van der Waals surface area contributed by atoms with Gasteiger partial charge in [0.25, 0.3) is 0 Å². The average Bonchev–Trinajstić information content (AvgIpc) is 2.71. The SMILES string of the molecule is Cc1ccc(Oc2ccc([As]c3ncnc(C#CC=CCO)c3N)cc2C)cn1. The molecular weight excluding hydrogens is 427 g/mol. The minimum atomic E-state index is -0.426. The van der Waals surface area contributed by atoms with E-state index in [1.54, 1.807) is 18.3 Å². The standard InChI is InChI=1S/C22H20AsN4O2/c1-15-12-17(8-10-20(15)29-18-9-7-16(2)25-13-18)23-22-21(24)19(26-14-27-22)6-4-3-5-11-28/h3,5,7-10,12-14,28H,11,24H2,1-2H3. The van der Waals surface area contributed by atoms with Crippen molar-refractivity contribution in [3.63, 3.8) is 0 Å². The quantitative estimate of drug-likeness (QED) is 0.454. The number of nitrogens with two attached hydrogens (primary N) is 1. The zero-order valence-corrected chi connectivity index (χ0v) is 18.0. The van der Waals surface area contributed by atoms with Crippen LogP contribution in [0.15, 0.2) is 55.0 Å². The number of aliphatic hydroxyl groups excluding tert-OH is 1. The number of nitrogens with zero attached hydrogens (tertiary/aromatic N) is 3. The van der Waals surface area contributed by atoms with Gasteiger partial charge in [-0.15, -0.1) is 0 Å². The normalized spacial score (nSPS) is 11.0. The zero-order chi connectivity index (χ0) is 20.6. The van der Waals surface area contributed by atoms with E-state index in [1.165, 1.54) is 6.33 Å². The minimum absolute atomic E-state index is 0.0522. The summed E-state index contributed by atoms with van der Waals surface area (Å²) in [6.07, 6.45) is 6.32. The fourth-order valence-corrected chi connectivity index (χ4v) is 4.45. The number of aliphatic hydroxyl groups is 1. The van der Waals surface area contributed by atoms with Gasteiger partial charge in [0.15, 0.2) is 0 Å². The van der Waals surface area contributed by atoms with Gasteiger partial charge in [0.05, 0.1) is 0 Å². The average molecular weight is 447 g/mol. The van der Waals surface area contributed by atoms with Gasteiger partial charge in [-0.3, -0.25) is 0 Å². The Labute approximate surface area is 176 Å². The molecule has 0 atom stereocenters. The van der Waals surface area contributed by atoms with Crippen LogP contribution in [0.3, 0.4) is 0 Å². The molecule has 0 bridgehead atoms. The first-order chi connectivity index (χ1) is 14.1. The fourth-order valence-electron chi connectivity index (χ4n) is 2.38. The molecule has 0 spiro atoms. The summed E-state index contributed by atoms with van der Waals surface area (Å²) >= 11 is -0.426. The Morgan fingerprint density at radius 3 is 2.76 bits per heavy atom. The van der Waals surface area contributed by atoms with Gasteiger partial charge in [0.2, 0.25) is 0 Å². The molecule has 0 fully saturated rings. The van der Waals surface area contributed by atoms with Crippen molar-refractivity contribution in [2.75, 3.05) is 12.3 Å². The van der Waals surface area contributed by atoms with E-state index in [4.69, 9.17) is 15.6 Å². The molecule has 1 aromatic carbocycles. The molecule has 6 nitrogen and oxygen atoms in total. The second kappa shape index (κ2) is 9.88. The number of nitrogen functional groups attached to an aromatic ring is 1. The molecule has 0 saturated heterocycles. The van der Waals surface area contributed by atoms with Gasteiger partial charge in [-0.1, -0.05) is 0 Å². The van der Waals surface area contributed by atoms with Crippen molar-refractivity contribution in [1.82, 2.24) is 15.0 Å². The van der Waals surface area contributed by atoms with Crippen LogP contribution in [-0.2, 0) is 0 Å². The van der Waals surface area contributed by atoms with Crippen molar-refractivity contribution >= 4 is 30.3 Å². The number of pyridine rings is 1. The maximum atomic E-state index is 8.75. The molecule has 0 aliphatic heterocycles. The zero-order valence-electron chi connectivity index (χ0n) is 16.1. The molecule has 29 heavy (non-hydrogen) atoms. The Morgan fingerprint density at radius 2 is 2.03 bits per heavy atom. The molecule has 2 heterocycles. The first-order valence-electron chi connectivity index (χ1n) is 8.87. The molecule has 3 rings (SSSR count). The third kappa shape index (κ3) is 5.68. The molecule has 0 unspecified atom stereocenters. The van der Waals surface area contributed by atoms with E-state index >= 15 is 0 Å². The molecule has 0 aliphatic carbocycles. The second-order valence-corrected chi connectivity index (χ2v) is 8.55. The van der Waals surface area contributed by atoms with E-state index in [9.17, 15) is 0 Å². The number of hydrogen-bond donors (Lipinski definition) is 2. The predicted molar refractivity (Wildman–Crippen MR) is 115 cm³/mol. The second-order valence-electron chi connectivity index (χ2n) is 6.11. The van der Waals surface area contributed by atoms with Crippen LogP contribution < -0.4 is 19.3 Å². The molecule has 145 valence electrons. The van der Waals surface area contributed by atoms with Gasteiger partial charge in [0.1, 0.15) is 0 Å². The van der Waals surface area contributed by atoms with Gasteiger partial charge >= 0.3 is 177 Å². The molecule has 0 saturated carbocycles. The van der Waals surface area contributed by atoms with Crippen molar-refractivity contribution in [1.29, 1.82) is 0 Å². The van der Waals surface area contributed by atoms with Crippen LogP contribution in [0.5, 0.6) is 11.5 Å². The molecule has 7 heteroatoms. The van der Waals surface area contributed by atoms with Crippen molar-refractivity contribution in [3.8, 4) is 23.3 Å². The summed E-state index contributed by atoms with van der Waals surface area (Å²) in [5.74, 6) is 7.19. The van der Waals surface area contributed by atoms with Crippen molar-refractivity contribution in [3.05, 3.63) is 72.0 Å². The summed E-state index contributed by atoms with van der Waals surface area (Å²) in [6, 6.07) is 9.90. The Morgan fingerprint density at radius 1 is 1.17 bits per heavy atom. The number of allylic oxidation sites excluding steroid dienone is 1. The summed E-state index contributed by atoms with van der Waals surface area (Å²) in [4.78, 5) is 12.7. The van der Waals surface area contributed by atoms with E-state index in [-0.39, 0.29) is 6.61 Å². The summed E-state index contributed by atoms with van der Waals surface area (Å²) in [5.41, 5.74) is 9.19. The van der Waals surface area contributed by atoms with Crippen LogP contribution in [0.1, 0.15) is 17.0 Å². The monoisotopic (exact) mass is 447 g/mol. The molecular formula is C22H20AsN4O2.